The van der Waals surface area contributed by atoms with E-state index in [0.29, 0.717) is 23.0 Å². The van der Waals surface area contributed by atoms with Gasteiger partial charge in [0, 0.05) is 18.7 Å². The van der Waals surface area contributed by atoms with Gasteiger partial charge in [-0.1, -0.05) is 0 Å². The smallest absolute Gasteiger partial charge is 0.187 e. The van der Waals surface area contributed by atoms with Gasteiger partial charge in [0.05, 0.1) is 19.4 Å². The maximum absolute atomic E-state index is 13.6. The molecule has 0 unspecified atom stereocenters. The molecule has 1 aromatic carbocycles. The molecule has 1 rings (SSSR count). The third-order valence-electron chi connectivity index (χ3n) is 2.69. The van der Waals surface area contributed by atoms with Gasteiger partial charge in [-0.05, 0) is 44.3 Å². The van der Waals surface area contributed by atoms with Gasteiger partial charge in [-0.25, -0.2) is 4.39 Å². The Bertz CT molecular complexity index is 523. The van der Waals surface area contributed by atoms with Crippen LogP contribution in [-0.2, 0) is 4.74 Å². The molecular formula is C14H20FN3O2S. The molecule has 0 fully saturated rings. The van der Waals surface area contributed by atoms with Gasteiger partial charge in [0.15, 0.2) is 16.7 Å². The molecule has 0 aromatic heterocycles. The molecule has 0 radical (unpaired) electrons. The van der Waals surface area contributed by atoms with Crippen molar-refractivity contribution in [3.05, 3.63) is 29.6 Å². The molecule has 0 amide bonds. The maximum atomic E-state index is 13.6. The fourth-order valence-electron chi connectivity index (χ4n) is 1.64. The van der Waals surface area contributed by atoms with E-state index < -0.39 is 5.82 Å². The van der Waals surface area contributed by atoms with E-state index in [1.54, 1.807) is 26.2 Å². The van der Waals surface area contributed by atoms with Gasteiger partial charge in [-0.15, -0.1) is 0 Å². The predicted molar refractivity (Wildman–Crippen MR) is 85.4 cm³/mol. The summed E-state index contributed by atoms with van der Waals surface area (Å²) in [5.41, 5.74) is 3.98. The Kier molecular flexibility index (Phi) is 7.04. The maximum Gasteiger partial charge on any atom is 0.187 e. The quantitative estimate of drug-likeness (QED) is 0.478. The Labute approximate surface area is 129 Å². The normalized spacial score (nSPS) is 12.7. The highest BCUT2D eigenvalue weighted by Crippen LogP contribution is 2.17. The largest absolute Gasteiger partial charge is 0.494 e. The van der Waals surface area contributed by atoms with Gasteiger partial charge >= 0.3 is 0 Å². The minimum absolute atomic E-state index is 0.0731. The lowest BCUT2D eigenvalue weighted by Gasteiger charge is -2.14. The van der Waals surface area contributed by atoms with Crippen molar-refractivity contribution in [1.29, 1.82) is 0 Å². The summed E-state index contributed by atoms with van der Waals surface area (Å²) < 4.78 is 23.5. The van der Waals surface area contributed by atoms with Crippen molar-refractivity contribution in [3.63, 3.8) is 0 Å². The number of hydrogen-bond acceptors (Lipinski definition) is 4. The van der Waals surface area contributed by atoms with Crippen LogP contribution in [0.5, 0.6) is 5.75 Å². The van der Waals surface area contributed by atoms with Crippen LogP contribution in [0.2, 0.25) is 0 Å². The van der Waals surface area contributed by atoms with Gasteiger partial charge in [0.1, 0.15) is 0 Å². The third kappa shape index (κ3) is 5.65. The minimum atomic E-state index is -0.432. The number of benzene rings is 1. The molecule has 0 saturated heterocycles. The Balaban J connectivity index is 2.64. The molecule has 21 heavy (non-hydrogen) atoms. The summed E-state index contributed by atoms with van der Waals surface area (Å²) in [5, 5.41) is 7.51. The SMILES string of the molecule is COC[C@H](C)NC(=S)N/N=C(/C)c1ccc(OC)c(F)c1. The monoisotopic (exact) mass is 313 g/mol. The zero-order valence-corrected chi connectivity index (χ0v) is 13.4. The Morgan fingerprint density at radius 2 is 2.14 bits per heavy atom. The van der Waals surface area contributed by atoms with E-state index in [0.717, 1.165) is 0 Å². The predicted octanol–water partition coefficient (Wildman–Crippen LogP) is 2.06. The molecule has 0 aliphatic carbocycles. The second-order valence-electron chi connectivity index (χ2n) is 4.49. The van der Waals surface area contributed by atoms with Crippen molar-refractivity contribution in [2.45, 2.75) is 19.9 Å². The van der Waals surface area contributed by atoms with E-state index in [1.807, 2.05) is 6.92 Å². The van der Waals surface area contributed by atoms with Crippen molar-refractivity contribution in [1.82, 2.24) is 10.7 Å². The van der Waals surface area contributed by atoms with Crippen LogP contribution < -0.4 is 15.5 Å². The van der Waals surface area contributed by atoms with Crippen LogP contribution in [-0.4, -0.2) is 37.7 Å². The molecule has 2 N–H and O–H groups in total. The van der Waals surface area contributed by atoms with Gasteiger partial charge in [0.25, 0.3) is 0 Å². The van der Waals surface area contributed by atoms with Crippen molar-refractivity contribution in [3.8, 4) is 5.75 Å². The fraction of sp³-hybridized carbons (Fsp3) is 0.429. The lowest BCUT2D eigenvalue weighted by molar-refractivity contribution is 0.179. The van der Waals surface area contributed by atoms with Crippen molar-refractivity contribution < 1.29 is 13.9 Å². The Morgan fingerprint density at radius 1 is 1.43 bits per heavy atom. The number of thiocarbonyl (C=S) groups is 1. The first-order valence-electron chi connectivity index (χ1n) is 6.41. The van der Waals surface area contributed by atoms with Crippen LogP contribution >= 0.6 is 12.2 Å². The number of hydrazone groups is 1. The lowest BCUT2D eigenvalue weighted by atomic mass is 10.1. The average molecular weight is 313 g/mol. The van der Waals surface area contributed by atoms with Crippen molar-refractivity contribution >= 4 is 23.0 Å². The molecule has 5 nitrogen and oxygen atoms in total. The second kappa shape index (κ2) is 8.53. The van der Waals surface area contributed by atoms with Gasteiger partial charge in [0.2, 0.25) is 0 Å². The highest BCUT2D eigenvalue weighted by Gasteiger charge is 2.06. The zero-order chi connectivity index (χ0) is 15.8. The highest BCUT2D eigenvalue weighted by atomic mass is 32.1. The number of hydrogen-bond donors (Lipinski definition) is 2. The van der Waals surface area contributed by atoms with Crippen molar-refractivity contribution in [2.24, 2.45) is 5.10 Å². The number of methoxy groups -OCH3 is 2. The van der Waals surface area contributed by atoms with Gasteiger partial charge in [-0.2, -0.15) is 5.10 Å². The molecule has 0 heterocycles. The summed E-state index contributed by atoms with van der Waals surface area (Å²) in [5.74, 6) is -0.232. The summed E-state index contributed by atoms with van der Waals surface area (Å²) in [7, 11) is 3.04. The van der Waals surface area contributed by atoms with E-state index in [-0.39, 0.29) is 11.8 Å². The summed E-state index contributed by atoms with van der Waals surface area (Å²) in [6.07, 6.45) is 0. The van der Waals surface area contributed by atoms with Crippen LogP contribution in [0, 0.1) is 5.82 Å². The molecule has 0 aliphatic rings. The van der Waals surface area contributed by atoms with Crippen LogP contribution in [0.3, 0.4) is 0 Å². The molecule has 0 spiro atoms. The summed E-state index contributed by atoms with van der Waals surface area (Å²) in [4.78, 5) is 0. The van der Waals surface area contributed by atoms with E-state index in [4.69, 9.17) is 21.7 Å². The van der Waals surface area contributed by atoms with E-state index >= 15 is 0 Å². The minimum Gasteiger partial charge on any atom is -0.494 e. The average Bonchev–Trinajstić information content (AvgIpc) is 2.44. The van der Waals surface area contributed by atoms with Crippen molar-refractivity contribution in [2.75, 3.05) is 20.8 Å². The number of ether oxygens (including phenoxy) is 2. The van der Waals surface area contributed by atoms with Gasteiger partial charge < -0.3 is 14.8 Å². The molecule has 1 aromatic rings. The second-order valence-corrected chi connectivity index (χ2v) is 4.90. The van der Waals surface area contributed by atoms with E-state index in [1.165, 1.54) is 13.2 Å². The molecule has 7 heteroatoms. The molecule has 0 saturated carbocycles. The molecule has 1 atom stereocenters. The first-order valence-corrected chi connectivity index (χ1v) is 6.82. The lowest BCUT2D eigenvalue weighted by Crippen LogP contribution is -2.40. The fourth-order valence-corrected chi connectivity index (χ4v) is 1.89. The zero-order valence-electron chi connectivity index (χ0n) is 12.6. The number of nitrogens with zero attached hydrogens (tertiary/aromatic N) is 1. The van der Waals surface area contributed by atoms with Crippen LogP contribution in [0.1, 0.15) is 19.4 Å². The number of nitrogens with one attached hydrogen (secondary N) is 2. The van der Waals surface area contributed by atoms with E-state index in [2.05, 4.69) is 15.8 Å². The number of halogens is 1. The summed E-state index contributed by atoms with van der Waals surface area (Å²) >= 11 is 5.10. The molecular weight excluding hydrogens is 293 g/mol. The van der Waals surface area contributed by atoms with Crippen LogP contribution in [0.25, 0.3) is 0 Å². The third-order valence-corrected chi connectivity index (χ3v) is 2.90. The molecule has 0 aliphatic heterocycles. The van der Waals surface area contributed by atoms with Crippen LogP contribution in [0.4, 0.5) is 4.39 Å². The topological polar surface area (TPSA) is 54.9 Å². The standard InChI is InChI=1S/C14H20FN3O2S/c1-9(8-19-3)16-14(21)18-17-10(2)11-5-6-13(20-4)12(15)7-11/h5-7,9H,8H2,1-4H3,(H2,16,18,21)/b17-10-/t9-/m0/s1. The van der Waals surface area contributed by atoms with E-state index in [9.17, 15) is 4.39 Å². The first-order chi connectivity index (χ1) is 9.97. The Hall–Kier alpha value is -1.73. The summed E-state index contributed by atoms with van der Waals surface area (Å²) in [6, 6.07) is 4.72. The summed E-state index contributed by atoms with van der Waals surface area (Å²) in [6.45, 7) is 4.23. The molecule has 0 bridgehead atoms. The first kappa shape index (κ1) is 17.3. The molecule has 116 valence electrons. The Morgan fingerprint density at radius 3 is 2.71 bits per heavy atom. The number of rotatable bonds is 6. The van der Waals surface area contributed by atoms with Crippen LogP contribution in [0.15, 0.2) is 23.3 Å². The highest BCUT2D eigenvalue weighted by molar-refractivity contribution is 7.80. The van der Waals surface area contributed by atoms with Gasteiger partial charge in [-0.3, -0.25) is 5.43 Å².